The fourth-order valence-corrected chi connectivity index (χ4v) is 4.88. The van der Waals surface area contributed by atoms with Gasteiger partial charge < -0.3 is 14.5 Å². The molecule has 0 N–H and O–H groups in total. The lowest BCUT2D eigenvalue weighted by atomic mass is 9.93. The van der Waals surface area contributed by atoms with Gasteiger partial charge in [0.05, 0.1) is 10.9 Å². The molecule has 8 heteroatoms. The van der Waals surface area contributed by atoms with E-state index in [0.29, 0.717) is 0 Å². The van der Waals surface area contributed by atoms with Gasteiger partial charge in [0.1, 0.15) is 11.6 Å². The molecule has 6 nitrogen and oxygen atoms in total. The van der Waals surface area contributed by atoms with Crippen LogP contribution < -0.4 is 4.90 Å². The first-order valence-electron chi connectivity index (χ1n) is 6.98. The van der Waals surface area contributed by atoms with Crippen LogP contribution in [0.3, 0.4) is 0 Å². The summed E-state index contributed by atoms with van der Waals surface area (Å²) in [6, 6.07) is 0. The zero-order valence-corrected chi connectivity index (χ0v) is 14.2. The molecule has 0 bridgehead atoms. The Balaban J connectivity index is 1.47. The predicted octanol–water partition coefficient (Wildman–Crippen LogP) is 1.02. The summed E-state index contributed by atoms with van der Waals surface area (Å²) in [4.78, 5) is 15.4. The van der Waals surface area contributed by atoms with E-state index in [4.69, 9.17) is 4.74 Å². The van der Waals surface area contributed by atoms with Crippen LogP contribution in [0, 0.1) is 6.92 Å². The number of thioether (sulfide) groups is 1. The van der Waals surface area contributed by atoms with Crippen molar-refractivity contribution in [1.82, 2.24) is 15.1 Å². The van der Waals surface area contributed by atoms with E-state index >= 15 is 0 Å². The Morgan fingerprint density at radius 1 is 1.48 bits per heavy atom. The standard InChI is InChI=1S/C13H20N4O2S2/c1-9-14-15-12(21-9)17-7-13(8-17)4-10(6-20-13)19-5-11(18)16(2)3/h10H,4-8H2,1-3H3. The number of aryl methyl sites for hydroxylation is 1. The van der Waals surface area contributed by atoms with Crippen LogP contribution in [0.2, 0.25) is 0 Å². The van der Waals surface area contributed by atoms with Crippen molar-refractivity contribution in [3.63, 3.8) is 0 Å². The minimum absolute atomic E-state index is 0.0283. The highest BCUT2D eigenvalue weighted by atomic mass is 32.2. The van der Waals surface area contributed by atoms with Crippen molar-refractivity contribution >= 4 is 34.1 Å². The van der Waals surface area contributed by atoms with Crippen molar-refractivity contribution < 1.29 is 9.53 Å². The van der Waals surface area contributed by atoms with Gasteiger partial charge in [0.25, 0.3) is 0 Å². The number of carbonyl (C=O) groups excluding carboxylic acids is 1. The van der Waals surface area contributed by atoms with Crippen molar-refractivity contribution in [2.24, 2.45) is 0 Å². The van der Waals surface area contributed by atoms with Crippen LogP contribution in [0.25, 0.3) is 0 Å². The molecule has 0 aliphatic carbocycles. The minimum atomic E-state index is 0.0283. The highest BCUT2D eigenvalue weighted by molar-refractivity contribution is 8.01. The summed E-state index contributed by atoms with van der Waals surface area (Å²) >= 11 is 3.61. The SMILES string of the molecule is Cc1nnc(N2CC3(CC(OCC(=O)N(C)C)CS3)C2)s1. The van der Waals surface area contributed by atoms with Crippen LogP contribution in [-0.2, 0) is 9.53 Å². The Bertz CT molecular complexity index is 528. The molecule has 1 unspecified atom stereocenters. The number of nitrogens with zero attached hydrogens (tertiary/aromatic N) is 4. The van der Waals surface area contributed by atoms with Crippen LogP contribution >= 0.6 is 23.1 Å². The molecule has 2 saturated heterocycles. The summed E-state index contributed by atoms with van der Waals surface area (Å²) in [5.41, 5.74) is 0. The molecule has 116 valence electrons. The first kappa shape index (κ1) is 15.1. The summed E-state index contributed by atoms with van der Waals surface area (Å²) in [7, 11) is 3.51. The number of carbonyl (C=O) groups is 1. The quantitative estimate of drug-likeness (QED) is 0.822. The molecule has 1 spiro atoms. The fraction of sp³-hybridized carbons (Fsp3) is 0.769. The molecule has 1 aromatic heterocycles. The monoisotopic (exact) mass is 328 g/mol. The van der Waals surface area contributed by atoms with Crippen LogP contribution in [-0.4, -0.2) is 71.4 Å². The Labute approximate surface area is 132 Å². The summed E-state index contributed by atoms with van der Waals surface area (Å²) in [6.45, 7) is 4.18. The van der Waals surface area contributed by atoms with E-state index in [2.05, 4.69) is 15.1 Å². The molecule has 21 heavy (non-hydrogen) atoms. The lowest BCUT2D eigenvalue weighted by molar-refractivity contribution is -0.135. The maximum atomic E-state index is 11.6. The van der Waals surface area contributed by atoms with Crippen molar-refractivity contribution in [1.29, 1.82) is 0 Å². The van der Waals surface area contributed by atoms with Gasteiger partial charge in [-0.3, -0.25) is 4.79 Å². The van der Waals surface area contributed by atoms with Crippen LogP contribution in [0.4, 0.5) is 5.13 Å². The van der Waals surface area contributed by atoms with Gasteiger partial charge in [-0.15, -0.1) is 22.0 Å². The van der Waals surface area contributed by atoms with E-state index in [1.165, 1.54) is 0 Å². The number of rotatable bonds is 4. The van der Waals surface area contributed by atoms with Gasteiger partial charge >= 0.3 is 0 Å². The number of likely N-dealkylation sites (N-methyl/N-ethyl adjacent to an activating group) is 1. The number of aromatic nitrogens is 2. The van der Waals surface area contributed by atoms with E-state index in [-0.39, 0.29) is 23.4 Å². The third-order valence-electron chi connectivity index (χ3n) is 3.86. The maximum Gasteiger partial charge on any atom is 0.248 e. The maximum absolute atomic E-state index is 11.6. The number of ether oxygens (including phenoxy) is 1. The number of hydrogen-bond donors (Lipinski definition) is 0. The minimum Gasteiger partial charge on any atom is -0.367 e. The number of amides is 1. The lowest BCUT2D eigenvalue weighted by Gasteiger charge is -2.47. The second-order valence-corrected chi connectivity index (χ2v) is 8.53. The van der Waals surface area contributed by atoms with Gasteiger partial charge in [0.15, 0.2) is 0 Å². The Hall–Kier alpha value is -0.860. The lowest BCUT2D eigenvalue weighted by Crippen LogP contribution is -2.59. The van der Waals surface area contributed by atoms with E-state index in [0.717, 1.165) is 35.4 Å². The number of anilines is 1. The van der Waals surface area contributed by atoms with Crippen LogP contribution in [0.1, 0.15) is 11.4 Å². The van der Waals surface area contributed by atoms with Crippen molar-refractivity contribution in [3.8, 4) is 0 Å². The average Bonchev–Trinajstić information content (AvgIpc) is 3.00. The molecule has 2 fully saturated rings. The van der Waals surface area contributed by atoms with Crippen molar-refractivity contribution in [3.05, 3.63) is 5.01 Å². The normalized spacial score (nSPS) is 23.4. The van der Waals surface area contributed by atoms with E-state index in [1.807, 2.05) is 18.7 Å². The molecular weight excluding hydrogens is 308 g/mol. The summed E-state index contributed by atoms with van der Waals surface area (Å²) < 4.78 is 6.03. The largest absolute Gasteiger partial charge is 0.367 e. The van der Waals surface area contributed by atoms with E-state index in [1.54, 1.807) is 30.3 Å². The molecule has 1 aromatic rings. The Morgan fingerprint density at radius 3 is 2.86 bits per heavy atom. The Morgan fingerprint density at radius 2 is 2.24 bits per heavy atom. The zero-order valence-electron chi connectivity index (χ0n) is 12.5. The molecule has 1 atom stereocenters. The molecule has 0 radical (unpaired) electrons. The molecule has 0 aromatic carbocycles. The van der Waals surface area contributed by atoms with Crippen molar-refractivity contribution in [2.45, 2.75) is 24.2 Å². The third-order valence-corrected chi connectivity index (χ3v) is 6.34. The van der Waals surface area contributed by atoms with Gasteiger partial charge in [0, 0.05) is 32.9 Å². The average molecular weight is 328 g/mol. The highest BCUT2D eigenvalue weighted by Gasteiger charge is 2.50. The number of hydrogen-bond acceptors (Lipinski definition) is 7. The van der Waals surface area contributed by atoms with Crippen molar-refractivity contribution in [2.75, 3.05) is 44.4 Å². The van der Waals surface area contributed by atoms with Gasteiger partial charge in [0.2, 0.25) is 11.0 Å². The first-order valence-corrected chi connectivity index (χ1v) is 8.78. The zero-order chi connectivity index (χ0) is 15.0. The highest BCUT2D eigenvalue weighted by Crippen LogP contribution is 2.47. The molecule has 2 aliphatic rings. The van der Waals surface area contributed by atoms with Gasteiger partial charge in [-0.2, -0.15) is 0 Å². The van der Waals surface area contributed by atoms with Crippen LogP contribution in [0.15, 0.2) is 0 Å². The molecular formula is C13H20N4O2S2. The smallest absolute Gasteiger partial charge is 0.248 e. The van der Waals surface area contributed by atoms with E-state index in [9.17, 15) is 4.79 Å². The molecule has 0 saturated carbocycles. The second-order valence-electron chi connectivity index (χ2n) is 5.88. The topological polar surface area (TPSA) is 58.6 Å². The molecule has 3 rings (SSSR count). The van der Waals surface area contributed by atoms with Gasteiger partial charge in [-0.05, 0) is 13.3 Å². The molecule has 2 aliphatic heterocycles. The second kappa shape index (κ2) is 5.73. The predicted molar refractivity (Wildman–Crippen MR) is 85.1 cm³/mol. The third kappa shape index (κ3) is 3.17. The molecule has 1 amide bonds. The van der Waals surface area contributed by atoms with Gasteiger partial charge in [-0.1, -0.05) is 11.3 Å². The summed E-state index contributed by atoms with van der Waals surface area (Å²) in [6.07, 6.45) is 1.21. The Kier molecular flexibility index (Phi) is 4.11. The van der Waals surface area contributed by atoms with Crippen LogP contribution in [0.5, 0.6) is 0 Å². The van der Waals surface area contributed by atoms with E-state index < -0.39 is 0 Å². The first-order chi connectivity index (χ1) is 9.97. The molecule has 3 heterocycles. The van der Waals surface area contributed by atoms with Gasteiger partial charge in [-0.25, -0.2) is 0 Å². The fourth-order valence-electron chi connectivity index (χ4n) is 2.65. The summed E-state index contributed by atoms with van der Waals surface area (Å²) in [5.74, 6) is 1.00. The summed E-state index contributed by atoms with van der Waals surface area (Å²) in [5, 5.41) is 10.3.